The quantitative estimate of drug-likeness (QED) is 0.763. The second kappa shape index (κ2) is 4.37. The van der Waals surface area contributed by atoms with Crippen molar-refractivity contribution < 1.29 is 27.1 Å². The Balaban J connectivity index is 2.61. The van der Waals surface area contributed by atoms with Gasteiger partial charge in [-0.2, -0.15) is 13.2 Å². The van der Waals surface area contributed by atoms with Gasteiger partial charge in [-0.15, -0.1) is 0 Å². The molecule has 102 valence electrons. The van der Waals surface area contributed by atoms with Gasteiger partial charge < -0.3 is 5.11 Å². The van der Waals surface area contributed by atoms with Gasteiger partial charge in [0.25, 0.3) is 5.92 Å². The highest BCUT2D eigenvalue weighted by molar-refractivity contribution is 5.13. The Morgan fingerprint density at radius 3 is 2.24 bits per heavy atom. The standard InChI is InChI=1S/C11H17F5O/c1-3-7(2)4-5-8-6-9(17,10(8,12)13)11(14,15)16/h7-8,17H,3-6H2,1-2H3. The van der Waals surface area contributed by atoms with Crippen LogP contribution >= 0.6 is 0 Å². The van der Waals surface area contributed by atoms with Crippen LogP contribution in [-0.2, 0) is 0 Å². The van der Waals surface area contributed by atoms with Crippen LogP contribution in [0.1, 0.15) is 39.5 Å². The Hall–Kier alpha value is -0.390. The summed E-state index contributed by atoms with van der Waals surface area (Å²) in [5.74, 6) is -5.20. The Morgan fingerprint density at radius 1 is 1.35 bits per heavy atom. The third-order valence-corrected chi connectivity index (χ3v) is 3.78. The minimum atomic E-state index is -5.26. The van der Waals surface area contributed by atoms with Gasteiger partial charge in [0.15, 0.2) is 0 Å². The molecule has 0 aliphatic heterocycles. The Labute approximate surface area is 97.0 Å². The highest BCUT2D eigenvalue weighted by Gasteiger charge is 2.79. The number of aliphatic hydroxyl groups is 1. The summed E-state index contributed by atoms with van der Waals surface area (Å²) in [4.78, 5) is 0. The predicted molar refractivity (Wildman–Crippen MR) is 52.7 cm³/mol. The smallest absolute Gasteiger partial charge is 0.376 e. The molecule has 0 amide bonds. The van der Waals surface area contributed by atoms with Crippen LogP contribution < -0.4 is 0 Å². The summed E-state index contributed by atoms with van der Waals surface area (Å²) in [6, 6.07) is 0. The molecule has 1 N–H and O–H groups in total. The van der Waals surface area contributed by atoms with Gasteiger partial charge in [-0.25, -0.2) is 8.78 Å². The third kappa shape index (κ3) is 2.28. The average molecular weight is 260 g/mol. The molecule has 1 rings (SSSR count). The van der Waals surface area contributed by atoms with E-state index in [0.717, 1.165) is 6.42 Å². The summed E-state index contributed by atoms with van der Waals surface area (Å²) in [7, 11) is 0. The second-order valence-electron chi connectivity index (χ2n) is 4.97. The van der Waals surface area contributed by atoms with Gasteiger partial charge in [0.2, 0.25) is 5.60 Å². The first-order chi connectivity index (χ1) is 7.56. The third-order valence-electron chi connectivity index (χ3n) is 3.78. The first-order valence-corrected chi connectivity index (χ1v) is 5.73. The SMILES string of the molecule is CCC(C)CCC1CC(O)(C(F)(F)F)C1(F)F. The molecular formula is C11H17F5O. The van der Waals surface area contributed by atoms with Crippen LogP contribution in [0.15, 0.2) is 0 Å². The van der Waals surface area contributed by atoms with E-state index in [0.29, 0.717) is 6.42 Å². The largest absolute Gasteiger partial charge is 0.423 e. The van der Waals surface area contributed by atoms with Gasteiger partial charge in [0.1, 0.15) is 0 Å². The summed E-state index contributed by atoms with van der Waals surface area (Å²) < 4.78 is 63.5. The minimum Gasteiger partial charge on any atom is -0.376 e. The van der Waals surface area contributed by atoms with Gasteiger partial charge in [-0.3, -0.25) is 0 Å². The lowest BCUT2D eigenvalue weighted by molar-refractivity contribution is -0.396. The summed E-state index contributed by atoms with van der Waals surface area (Å²) in [6.07, 6.45) is -4.85. The fourth-order valence-electron chi connectivity index (χ4n) is 2.11. The van der Waals surface area contributed by atoms with E-state index in [9.17, 15) is 22.0 Å². The lowest BCUT2D eigenvalue weighted by atomic mass is 9.64. The van der Waals surface area contributed by atoms with Gasteiger partial charge in [0, 0.05) is 5.92 Å². The van der Waals surface area contributed by atoms with Crippen LogP contribution in [0, 0.1) is 11.8 Å². The topological polar surface area (TPSA) is 20.2 Å². The molecule has 0 spiro atoms. The number of hydrogen-bond acceptors (Lipinski definition) is 1. The predicted octanol–water partition coefficient (Wildman–Crippen LogP) is 3.76. The first-order valence-electron chi connectivity index (χ1n) is 5.73. The molecule has 17 heavy (non-hydrogen) atoms. The zero-order chi connectivity index (χ0) is 13.5. The van der Waals surface area contributed by atoms with Gasteiger partial charge in [-0.1, -0.05) is 26.7 Å². The van der Waals surface area contributed by atoms with E-state index >= 15 is 0 Å². The van der Waals surface area contributed by atoms with Crippen molar-refractivity contribution in [3.05, 3.63) is 0 Å². The molecule has 1 aliphatic rings. The summed E-state index contributed by atoms with van der Waals surface area (Å²) >= 11 is 0. The molecule has 1 aliphatic carbocycles. The molecule has 0 saturated heterocycles. The molecule has 1 nitrogen and oxygen atoms in total. The van der Waals surface area contributed by atoms with Gasteiger partial charge in [0.05, 0.1) is 0 Å². The second-order valence-corrected chi connectivity index (χ2v) is 4.97. The molecule has 0 heterocycles. The molecule has 6 heteroatoms. The fourth-order valence-corrected chi connectivity index (χ4v) is 2.11. The Bertz CT molecular complexity index is 276. The highest BCUT2D eigenvalue weighted by Crippen LogP contribution is 2.60. The van der Waals surface area contributed by atoms with Gasteiger partial charge >= 0.3 is 6.18 Å². The minimum absolute atomic E-state index is 0.0282. The van der Waals surface area contributed by atoms with E-state index in [-0.39, 0.29) is 12.3 Å². The molecule has 1 saturated carbocycles. The molecule has 3 atom stereocenters. The maximum absolute atomic E-state index is 13.3. The van der Waals surface area contributed by atoms with Crippen molar-refractivity contribution in [3.8, 4) is 0 Å². The van der Waals surface area contributed by atoms with Crippen molar-refractivity contribution in [2.45, 2.75) is 57.2 Å². The van der Waals surface area contributed by atoms with Crippen molar-refractivity contribution >= 4 is 0 Å². The van der Waals surface area contributed by atoms with Crippen LogP contribution in [-0.4, -0.2) is 22.8 Å². The molecule has 3 unspecified atom stereocenters. The van der Waals surface area contributed by atoms with Crippen molar-refractivity contribution in [2.24, 2.45) is 11.8 Å². The molecular weight excluding hydrogens is 243 g/mol. The summed E-state index contributed by atoms with van der Waals surface area (Å²) in [5, 5.41) is 8.99. The van der Waals surface area contributed by atoms with Crippen molar-refractivity contribution in [2.75, 3.05) is 0 Å². The average Bonchev–Trinajstić information content (AvgIpc) is 2.21. The molecule has 1 fully saturated rings. The number of halogens is 5. The number of rotatable bonds is 4. The normalized spacial score (nSPS) is 34.2. The van der Waals surface area contributed by atoms with E-state index in [1.807, 2.05) is 13.8 Å². The van der Waals surface area contributed by atoms with Crippen molar-refractivity contribution in [1.82, 2.24) is 0 Å². The van der Waals surface area contributed by atoms with E-state index in [2.05, 4.69) is 0 Å². The van der Waals surface area contributed by atoms with E-state index < -0.39 is 30.0 Å². The van der Waals surface area contributed by atoms with Crippen LogP contribution in [0.4, 0.5) is 22.0 Å². The molecule has 0 radical (unpaired) electrons. The first kappa shape index (κ1) is 14.7. The van der Waals surface area contributed by atoms with Crippen LogP contribution in [0.2, 0.25) is 0 Å². The van der Waals surface area contributed by atoms with E-state index in [1.165, 1.54) is 0 Å². The maximum Gasteiger partial charge on any atom is 0.423 e. The van der Waals surface area contributed by atoms with Crippen LogP contribution in [0.25, 0.3) is 0 Å². The molecule has 0 bridgehead atoms. The Kier molecular flexibility index (Phi) is 3.77. The highest BCUT2D eigenvalue weighted by atomic mass is 19.4. The number of hydrogen-bond donors (Lipinski definition) is 1. The molecule has 0 aromatic carbocycles. The van der Waals surface area contributed by atoms with Crippen molar-refractivity contribution in [1.29, 1.82) is 0 Å². The number of alkyl halides is 5. The lowest BCUT2D eigenvalue weighted by Crippen LogP contribution is -2.71. The molecule has 0 aromatic rings. The molecule has 0 aromatic heterocycles. The summed E-state index contributed by atoms with van der Waals surface area (Å²) in [6.45, 7) is 3.77. The zero-order valence-corrected chi connectivity index (χ0v) is 9.82. The lowest BCUT2D eigenvalue weighted by Gasteiger charge is -2.51. The van der Waals surface area contributed by atoms with Gasteiger partial charge in [-0.05, 0) is 18.8 Å². The zero-order valence-electron chi connectivity index (χ0n) is 9.82. The van der Waals surface area contributed by atoms with Crippen LogP contribution in [0.3, 0.4) is 0 Å². The van der Waals surface area contributed by atoms with E-state index in [4.69, 9.17) is 5.11 Å². The fraction of sp³-hybridized carbons (Fsp3) is 1.00. The maximum atomic E-state index is 13.3. The van der Waals surface area contributed by atoms with Crippen molar-refractivity contribution in [3.63, 3.8) is 0 Å². The monoisotopic (exact) mass is 260 g/mol. The van der Waals surface area contributed by atoms with Crippen LogP contribution in [0.5, 0.6) is 0 Å². The van der Waals surface area contributed by atoms with E-state index in [1.54, 1.807) is 0 Å². The Morgan fingerprint density at radius 2 is 1.88 bits per heavy atom. The summed E-state index contributed by atoms with van der Waals surface area (Å²) in [5.41, 5.74) is -3.82.